The maximum atomic E-state index is 13.0. The fourth-order valence-electron chi connectivity index (χ4n) is 3.30. The Morgan fingerprint density at radius 3 is 2.41 bits per heavy atom. The number of nitrogens with one attached hydrogen (secondary N) is 1. The average Bonchev–Trinajstić information content (AvgIpc) is 2.80. The van der Waals surface area contributed by atoms with Crippen LogP contribution in [0.4, 0.5) is 19.0 Å². The van der Waals surface area contributed by atoms with Gasteiger partial charge in [0.25, 0.3) is 0 Å². The van der Waals surface area contributed by atoms with E-state index in [1.807, 2.05) is 0 Å². The minimum absolute atomic E-state index is 0.0552. The molecule has 180 valence electrons. The molecule has 0 fully saturated rings. The number of rotatable bonds is 10. The predicted octanol–water partition coefficient (Wildman–Crippen LogP) is 5.31. The van der Waals surface area contributed by atoms with E-state index in [-0.39, 0.29) is 23.7 Å². The first-order valence-corrected chi connectivity index (χ1v) is 10.6. The van der Waals surface area contributed by atoms with E-state index in [1.54, 1.807) is 32.0 Å². The lowest BCUT2D eigenvalue weighted by Crippen LogP contribution is -2.10. The van der Waals surface area contributed by atoms with Crippen molar-refractivity contribution >= 4 is 11.8 Å². The lowest BCUT2D eigenvalue weighted by molar-refractivity contribution is -0.137. The standard InChI is InChI=1S/C24H24F3N3O4/c1-3-33-20-12-17(24(25,26)27)7-5-15(20)9-10-28-22-13-19(29-14-30-22)16-6-8-18(23(31)32)21(11-16)34-4-2/h5-8,11-14H,3-4,9-10H2,1-2H3,(H,31,32)(H,28,29,30). The van der Waals surface area contributed by atoms with Crippen molar-refractivity contribution in [1.82, 2.24) is 9.97 Å². The van der Waals surface area contributed by atoms with Gasteiger partial charge in [0.2, 0.25) is 0 Å². The summed E-state index contributed by atoms with van der Waals surface area (Å²) >= 11 is 0. The van der Waals surface area contributed by atoms with Crippen molar-refractivity contribution in [1.29, 1.82) is 0 Å². The van der Waals surface area contributed by atoms with Crippen molar-refractivity contribution in [2.75, 3.05) is 25.1 Å². The average molecular weight is 475 g/mol. The molecule has 34 heavy (non-hydrogen) atoms. The molecule has 0 aliphatic rings. The van der Waals surface area contributed by atoms with E-state index < -0.39 is 17.7 Å². The molecule has 0 radical (unpaired) electrons. The molecule has 3 rings (SSSR count). The zero-order valence-corrected chi connectivity index (χ0v) is 18.6. The number of ether oxygens (including phenoxy) is 2. The third-order valence-corrected chi connectivity index (χ3v) is 4.87. The van der Waals surface area contributed by atoms with Crippen LogP contribution < -0.4 is 14.8 Å². The highest BCUT2D eigenvalue weighted by Gasteiger charge is 2.31. The summed E-state index contributed by atoms with van der Waals surface area (Å²) in [4.78, 5) is 19.8. The third-order valence-electron chi connectivity index (χ3n) is 4.87. The second kappa shape index (κ2) is 10.9. The van der Waals surface area contributed by atoms with Crippen molar-refractivity contribution in [2.24, 2.45) is 0 Å². The summed E-state index contributed by atoms with van der Waals surface area (Å²) in [7, 11) is 0. The molecule has 0 amide bonds. The monoisotopic (exact) mass is 475 g/mol. The summed E-state index contributed by atoms with van der Waals surface area (Å²) in [6.45, 7) is 4.43. The van der Waals surface area contributed by atoms with Gasteiger partial charge in [0, 0.05) is 18.2 Å². The molecule has 1 heterocycles. The number of aromatic nitrogens is 2. The van der Waals surface area contributed by atoms with Crippen LogP contribution in [0.2, 0.25) is 0 Å². The number of aromatic carboxylic acids is 1. The SMILES string of the molecule is CCOc1cc(C(F)(F)F)ccc1CCNc1cc(-c2ccc(C(=O)O)c(OCC)c2)ncn1. The molecule has 1 aromatic heterocycles. The van der Waals surface area contributed by atoms with Crippen LogP contribution in [0.25, 0.3) is 11.3 Å². The van der Waals surface area contributed by atoms with Crippen molar-refractivity contribution in [3.63, 3.8) is 0 Å². The first kappa shape index (κ1) is 24.8. The molecule has 2 aromatic carbocycles. The number of anilines is 1. The van der Waals surface area contributed by atoms with E-state index >= 15 is 0 Å². The molecule has 0 aliphatic heterocycles. The highest BCUT2D eigenvalue weighted by Crippen LogP contribution is 2.33. The smallest absolute Gasteiger partial charge is 0.416 e. The molecule has 0 bridgehead atoms. The Balaban J connectivity index is 1.74. The van der Waals surface area contributed by atoms with Gasteiger partial charge in [0.1, 0.15) is 29.2 Å². The predicted molar refractivity (Wildman–Crippen MR) is 120 cm³/mol. The van der Waals surface area contributed by atoms with E-state index in [9.17, 15) is 23.1 Å². The van der Waals surface area contributed by atoms with Gasteiger partial charge in [-0.3, -0.25) is 0 Å². The quantitative estimate of drug-likeness (QED) is 0.410. The lowest BCUT2D eigenvalue weighted by Gasteiger charge is -2.14. The molecule has 0 unspecified atom stereocenters. The molecule has 3 aromatic rings. The summed E-state index contributed by atoms with van der Waals surface area (Å²) in [5, 5.41) is 12.4. The molecule has 2 N–H and O–H groups in total. The van der Waals surface area contributed by atoms with Crippen LogP contribution in [0.5, 0.6) is 11.5 Å². The Morgan fingerprint density at radius 1 is 1.00 bits per heavy atom. The molecule has 0 spiro atoms. The van der Waals surface area contributed by atoms with Crippen molar-refractivity contribution < 1.29 is 32.5 Å². The molecule has 0 saturated heterocycles. The van der Waals surface area contributed by atoms with E-state index in [2.05, 4.69) is 15.3 Å². The Labute approximate surface area is 194 Å². The van der Waals surface area contributed by atoms with E-state index in [0.717, 1.165) is 12.1 Å². The third kappa shape index (κ3) is 6.15. The molecular weight excluding hydrogens is 451 g/mol. The Hall–Kier alpha value is -3.82. The van der Waals surface area contributed by atoms with E-state index in [4.69, 9.17) is 9.47 Å². The second-order valence-electron chi connectivity index (χ2n) is 7.17. The minimum atomic E-state index is -4.44. The van der Waals surface area contributed by atoms with Crippen molar-refractivity contribution in [3.05, 3.63) is 65.5 Å². The molecule has 0 atom stereocenters. The normalized spacial score (nSPS) is 11.2. The van der Waals surface area contributed by atoms with Crippen LogP contribution in [-0.2, 0) is 12.6 Å². The van der Waals surface area contributed by atoms with Crippen molar-refractivity contribution in [2.45, 2.75) is 26.4 Å². The zero-order chi connectivity index (χ0) is 24.7. The largest absolute Gasteiger partial charge is 0.494 e. The number of halogens is 3. The Morgan fingerprint density at radius 2 is 1.74 bits per heavy atom. The van der Waals surface area contributed by atoms with Gasteiger partial charge in [-0.2, -0.15) is 13.2 Å². The van der Waals surface area contributed by atoms with Gasteiger partial charge in [-0.25, -0.2) is 14.8 Å². The summed E-state index contributed by atoms with van der Waals surface area (Å²) in [5.74, 6) is -0.138. The van der Waals surface area contributed by atoms with Gasteiger partial charge in [-0.1, -0.05) is 12.1 Å². The topological polar surface area (TPSA) is 93.6 Å². The van der Waals surface area contributed by atoms with Gasteiger partial charge < -0.3 is 19.9 Å². The van der Waals surface area contributed by atoms with Crippen molar-refractivity contribution in [3.8, 4) is 22.8 Å². The van der Waals surface area contributed by atoms with Crippen LogP contribution >= 0.6 is 0 Å². The minimum Gasteiger partial charge on any atom is -0.494 e. The van der Waals surface area contributed by atoms with Gasteiger partial charge in [0.15, 0.2) is 0 Å². The molecular formula is C24H24F3N3O4. The van der Waals surface area contributed by atoms with E-state index in [0.29, 0.717) is 42.2 Å². The molecule has 0 aliphatic carbocycles. The number of carboxylic acids is 1. The lowest BCUT2D eigenvalue weighted by atomic mass is 10.1. The summed E-state index contributed by atoms with van der Waals surface area (Å²) in [5.41, 5.74) is 1.15. The molecule has 7 nitrogen and oxygen atoms in total. The fraction of sp³-hybridized carbons (Fsp3) is 0.292. The number of alkyl halides is 3. The van der Waals surface area contributed by atoms with Crippen LogP contribution in [0.15, 0.2) is 48.8 Å². The van der Waals surface area contributed by atoms with Gasteiger partial charge >= 0.3 is 12.1 Å². The number of hydrogen-bond donors (Lipinski definition) is 2. The number of hydrogen-bond acceptors (Lipinski definition) is 6. The first-order valence-electron chi connectivity index (χ1n) is 10.6. The molecule has 0 saturated carbocycles. The maximum absolute atomic E-state index is 13.0. The van der Waals surface area contributed by atoms with Gasteiger partial charge in [-0.05, 0) is 50.1 Å². The first-order chi connectivity index (χ1) is 16.2. The zero-order valence-electron chi connectivity index (χ0n) is 18.6. The molecule has 10 heteroatoms. The van der Waals surface area contributed by atoms with E-state index in [1.165, 1.54) is 18.5 Å². The maximum Gasteiger partial charge on any atom is 0.416 e. The van der Waals surface area contributed by atoms with Crippen LogP contribution in [0, 0.1) is 0 Å². The number of nitrogens with zero attached hydrogens (tertiary/aromatic N) is 2. The Kier molecular flexibility index (Phi) is 7.93. The number of carboxylic acid groups (broad SMARTS) is 1. The number of benzene rings is 2. The highest BCUT2D eigenvalue weighted by atomic mass is 19.4. The summed E-state index contributed by atoms with van der Waals surface area (Å²) < 4.78 is 49.9. The van der Waals surface area contributed by atoms with Gasteiger partial charge in [0.05, 0.1) is 24.5 Å². The van der Waals surface area contributed by atoms with Crippen LogP contribution in [0.1, 0.15) is 35.3 Å². The van der Waals surface area contributed by atoms with Gasteiger partial charge in [-0.15, -0.1) is 0 Å². The summed E-state index contributed by atoms with van der Waals surface area (Å²) in [6.07, 6.45) is -2.66. The summed E-state index contributed by atoms with van der Waals surface area (Å²) in [6, 6.07) is 9.86. The fourth-order valence-corrected chi connectivity index (χ4v) is 3.30. The van der Waals surface area contributed by atoms with Crippen LogP contribution in [-0.4, -0.2) is 40.8 Å². The van der Waals surface area contributed by atoms with Crippen LogP contribution in [0.3, 0.4) is 0 Å². The highest BCUT2D eigenvalue weighted by molar-refractivity contribution is 5.91. The number of carbonyl (C=O) groups is 1. The Bertz CT molecular complexity index is 1150. The second-order valence-corrected chi connectivity index (χ2v) is 7.17.